The molecule has 1 heterocycles. The normalized spacial score (nSPS) is 16.2. The van der Waals surface area contributed by atoms with E-state index >= 15 is 0 Å². The van der Waals surface area contributed by atoms with Gasteiger partial charge in [0.25, 0.3) is 0 Å². The van der Waals surface area contributed by atoms with Gasteiger partial charge in [0.15, 0.2) is 0 Å². The van der Waals surface area contributed by atoms with Gasteiger partial charge < -0.3 is 4.57 Å². The third-order valence-corrected chi connectivity index (χ3v) is 9.13. The van der Waals surface area contributed by atoms with Gasteiger partial charge in [-0.2, -0.15) is 0 Å². The van der Waals surface area contributed by atoms with Crippen LogP contribution < -0.4 is 0 Å². The molecule has 2 heteroatoms. The highest BCUT2D eigenvalue weighted by Crippen LogP contribution is 2.49. The van der Waals surface area contributed by atoms with Crippen LogP contribution in [0.2, 0.25) is 5.02 Å². The maximum Gasteiger partial charge on any atom is 0.0547 e. The van der Waals surface area contributed by atoms with Crippen molar-refractivity contribution in [3.63, 3.8) is 0 Å². The Morgan fingerprint density at radius 1 is 0.658 bits per heavy atom. The fraction of sp³-hybridized carbons (Fsp3) is 0.222. The van der Waals surface area contributed by atoms with E-state index in [1.807, 2.05) is 6.07 Å². The first-order chi connectivity index (χ1) is 18.2. The molecule has 5 aromatic carbocycles. The smallest absolute Gasteiger partial charge is 0.0547 e. The summed E-state index contributed by atoms with van der Waals surface area (Å²) in [6, 6.07) is 35.4. The van der Waals surface area contributed by atoms with E-state index in [1.165, 1.54) is 67.7 Å². The van der Waals surface area contributed by atoms with Gasteiger partial charge in [0.2, 0.25) is 0 Å². The lowest BCUT2D eigenvalue weighted by molar-refractivity contribution is 0.333. The monoisotopic (exact) mass is 513 g/mol. The molecule has 1 nitrogen and oxygen atoms in total. The van der Waals surface area contributed by atoms with Crippen molar-refractivity contribution in [3.8, 4) is 16.8 Å². The topological polar surface area (TPSA) is 4.93 Å². The number of halogens is 1. The van der Waals surface area contributed by atoms with E-state index in [1.54, 1.807) is 0 Å². The Morgan fingerprint density at radius 2 is 1.39 bits per heavy atom. The molecule has 0 atom stereocenters. The van der Waals surface area contributed by atoms with Crippen LogP contribution in [0.3, 0.4) is 0 Å². The molecule has 0 amide bonds. The second-order valence-corrected chi connectivity index (χ2v) is 12.7. The predicted molar refractivity (Wildman–Crippen MR) is 164 cm³/mol. The second-order valence-electron chi connectivity index (χ2n) is 12.2. The van der Waals surface area contributed by atoms with Crippen LogP contribution in [0.15, 0.2) is 97.1 Å². The molecule has 1 aliphatic carbocycles. The highest BCUT2D eigenvalue weighted by atomic mass is 35.5. The minimum atomic E-state index is 0.160. The minimum Gasteiger partial charge on any atom is -0.309 e. The molecule has 0 spiro atoms. The summed E-state index contributed by atoms with van der Waals surface area (Å²) in [5.41, 5.74) is 9.57. The predicted octanol–water partition coefficient (Wildman–Crippen LogP) is 10.6. The molecule has 38 heavy (non-hydrogen) atoms. The molecule has 0 aliphatic heterocycles. The molecular weight excluding hydrogens is 482 g/mol. The molecule has 188 valence electrons. The molecule has 0 radical (unpaired) electrons. The quantitative estimate of drug-likeness (QED) is 0.217. The second kappa shape index (κ2) is 8.22. The summed E-state index contributed by atoms with van der Waals surface area (Å²) in [6.45, 7) is 9.61. The summed E-state index contributed by atoms with van der Waals surface area (Å²) >= 11 is 6.51. The first-order valence-corrected chi connectivity index (χ1v) is 14.0. The van der Waals surface area contributed by atoms with Crippen molar-refractivity contribution >= 4 is 44.2 Å². The molecule has 6 aromatic rings. The van der Waals surface area contributed by atoms with Gasteiger partial charge in [-0.25, -0.2) is 0 Å². The number of fused-ring (bicyclic) bond motifs is 6. The largest absolute Gasteiger partial charge is 0.309 e. The standard InChI is InChI=1S/C36H32ClN/c1-35(2)20-21-36(3,4)34-28(10-7-11-30(34)35)24-12-16-26(17-13-24)38-31-19-15-25(37)22-29(31)33-27-9-6-5-8-23(27)14-18-32(33)38/h5-19,22H,20-21H2,1-4H3. The Kier molecular flexibility index (Phi) is 5.10. The van der Waals surface area contributed by atoms with Crippen LogP contribution in [-0.4, -0.2) is 4.57 Å². The Hall–Kier alpha value is -3.55. The highest BCUT2D eigenvalue weighted by molar-refractivity contribution is 6.32. The van der Waals surface area contributed by atoms with E-state index in [2.05, 4.69) is 123 Å². The van der Waals surface area contributed by atoms with Gasteiger partial charge in [0.05, 0.1) is 11.0 Å². The SMILES string of the molecule is CC1(C)CCC(C)(C)c2c(-c3ccc(-n4c5ccc(Cl)cc5c5c6ccccc6ccc54)cc3)cccc21. The maximum absolute atomic E-state index is 6.51. The number of hydrogen-bond acceptors (Lipinski definition) is 0. The number of benzene rings is 5. The van der Waals surface area contributed by atoms with Gasteiger partial charge in [0, 0.05) is 21.5 Å². The van der Waals surface area contributed by atoms with Gasteiger partial charge >= 0.3 is 0 Å². The van der Waals surface area contributed by atoms with Crippen LogP contribution in [-0.2, 0) is 10.8 Å². The zero-order chi connectivity index (χ0) is 26.2. The van der Waals surface area contributed by atoms with Gasteiger partial charge in [-0.1, -0.05) is 100.0 Å². The maximum atomic E-state index is 6.51. The van der Waals surface area contributed by atoms with Gasteiger partial charge in [-0.15, -0.1) is 0 Å². The van der Waals surface area contributed by atoms with Crippen molar-refractivity contribution < 1.29 is 0 Å². The minimum absolute atomic E-state index is 0.160. The van der Waals surface area contributed by atoms with Crippen LogP contribution in [0.25, 0.3) is 49.4 Å². The Balaban J connectivity index is 1.44. The average Bonchev–Trinajstić information content (AvgIpc) is 3.25. The van der Waals surface area contributed by atoms with E-state index in [9.17, 15) is 0 Å². The molecule has 0 N–H and O–H groups in total. The molecule has 0 fully saturated rings. The van der Waals surface area contributed by atoms with Crippen molar-refractivity contribution in [3.05, 3.63) is 113 Å². The molecule has 1 aliphatic rings. The lowest BCUT2D eigenvalue weighted by atomic mass is 9.61. The first-order valence-electron chi connectivity index (χ1n) is 13.6. The number of aromatic nitrogens is 1. The van der Waals surface area contributed by atoms with Crippen molar-refractivity contribution in [2.45, 2.75) is 51.4 Å². The van der Waals surface area contributed by atoms with Gasteiger partial charge in [0.1, 0.15) is 0 Å². The molecular formula is C36H32ClN. The summed E-state index contributed by atoms with van der Waals surface area (Å²) in [5, 5.41) is 5.71. The van der Waals surface area contributed by atoms with E-state index in [0.717, 1.165) is 10.7 Å². The Labute approximate surface area is 229 Å². The van der Waals surface area contributed by atoms with Crippen molar-refractivity contribution in [1.29, 1.82) is 0 Å². The van der Waals surface area contributed by atoms with Gasteiger partial charge in [-0.05, 0) is 93.1 Å². The third kappa shape index (κ3) is 3.45. The van der Waals surface area contributed by atoms with Crippen LogP contribution >= 0.6 is 11.6 Å². The fourth-order valence-corrected chi connectivity index (χ4v) is 6.97. The lowest BCUT2D eigenvalue weighted by Crippen LogP contribution is -2.34. The summed E-state index contributed by atoms with van der Waals surface area (Å²) in [4.78, 5) is 0. The molecule has 0 saturated carbocycles. The van der Waals surface area contributed by atoms with Crippen LogP contribution in [0.1, 0.15) is 51.7 Å². The lowest BCUT2D eigenvalue weighted by Gasteiger charge is -2.43. The van der Waals surface area contributed by atoms with Crippen molar-refractivity contribution in [2.75, 3.05) is 0 Å². The summed E-state index contributed by atoms with van der Waals surface area (Å²) in [6.07, 6.45) is 2.43. The van der Waals surface area contributed by atoms with E-state index in [0.29, 0.717) is 0 Å². The molecule has 1 aromatic heterocycles. The van der Waals surface area contributed by atoms with Crippen LogP contribution in [0.5, 0.6) is 0 Å². The van der Waals surface area contributed by atoms with E-state index in [-0.39, 0.29) is 10.8 Å². The van der Waals surface area contributed by atoms with Crippen molar-refractivity contribution in [2.24, 2.45) is 0 Å². The molecule has 0 unspecified atom stereocenters. The summed E-state index contributed by atoms with van der Waals surface area (Å²) in [7, 11) is 0. The number of rotatable bonds is 2. The van der Waals surface area contributed by atoms with Crippen LogP contribution in [0, 0.1) is 0 Å². The molecule has 7 rings (SSSR count). The third-order valence-electron chi connectivity index (χ3n) is 8.90. The zero-order valence-corrected chi connectivity index (χ0v) is 23.2. The Morgan fingerprint density at radius 3 is 2.21 bits per heavy atom. The summed E-state index contributed by atoms with van der Waals surface area (Å²) in [5.74, 6) is 0. The van der Waals surface area contributed by atoms with E-state index in [4.69, 9.17) is 11.6 Å². The summed E-state index contributed by atoms with van der Waals surface area (Å²) < 4.78 is 2.38. The highest BCUT2D eigenvalue weighted by Gasteiger charge is 2.38. The number of hydrogen-bond donors (Lipinski definition) is 0. The van der Waals surface area contributed by atoms with Crippen LogP contribution in [0.4, 0.5) is 0 Å². The van der Waals surface area contributed by atoms with Gasteiger partial charge in [-0.3, -0.25) is 0 Å². The average molecular weight is 514 g/mol. The van der Waals surface area contributed by atoms with E-state index < -0.39 is 0 Å². The fourth-order valence-electron chi connectivity index (χ4n) is 6.80. The Bertz CT molecular complexity index is 1870. The first kappa shape index (κ1) is 23.6. The zero-order valence-electron chi connectivity index (χ0n) is 22.5. The molecule has 0 saturated heterocycles. The number of nitrogens with zero attached hydrogens (tertiary/aromatic N) is 1. The molecule has 0 bridgehead atoms. The van der Waals surface area contributed by atoms with Crippen molar-refractivity contribution in [1.82, 2.24) is 4.57 Å².